The third-order valence-corrected chi connectivity index (χ3v) is 4.80. The Labute approximate surface area is 143 Å². The Morgan fingerprint density at radius 1 is 1.39 bits per heavy atom. The minimum atomic E-state index is 0.490. The third-order valence-electron chi connectivity index (χ3n) is 3.82. The van der Waals surface area contributed by atoms with Gasteiger partial charge in [0.25, 0.3) is 0 Å². The number of hydrazine groups is 1. The third kappa shape index (κ3) is 5.41. The Kier molecular flexibility index (Phi) is 6.68. The van der Waals surface area contributed by atoms with Gasteiger partial charge in [-0.25, -0.2) is 5.43 Å². The molecule has 0 radical (unpaired) electrons. The Balaban J connectivity index is 2.03. The quantitative estimate of drug-likeness (QED) is 0.816. The van der Waals surface area contributed by atoms with Gasteiger partial charge in [0.2, 0.25) is 0 Å². The fraction of sp³-hybridized carbons (Fsp3) is 0.316. The molecule has 1 N–H and O–H groups in total. The van der Waals surface area contributed by atoms with E-state index in [0.29, 0.717) is 5.92 Å². The first-order valence-electron chi connectivity index (χ1n) is 7.77. The van der Waals surface area contributed by atoms with E-state index in [4.69, 9.17) is 0 Å². The van der Waals surface area contributed by atoms with Gasteiger partial charge >= 0.3 is 0 Å². The van der Waals surface area contributed by atoms with Gasteiger partial charge in [-0.15, -0.1) is 11.8 Å². The van der Waals surface area contributed by atoms with E-state index in [1.54, 1.807) is 11.8 Å². The minimum Gasteiger partial charge on any atom is -0.318 e. The van der Waals surface area contributed by atoms with E-state index >= 15 is 0 Å². The SMILES string of the molecule is C=N/C(=C\SCC1CNN(C)/C=C(C)\C=C\1C)c1ccccc1. The van der Waals surface area contributed by atoms with Gasteiger partial charge in [-0.2, -0.15) is 0 Å². The molecule has 3 nitrogen and oxygen atoms in total. The Hall–Kier alpha value is -1.78. The summed E-state index contributed by atoms with van der Waals surface area (Å²) in [5.41, 5.74) is 8.14. The first-order chi connectivity index (χ1) is 11.1. The summed E-state index contributed by atoms with van der Waals surface area (Å²) in [7, 11) is 2.04. The number of aliphatic imine (C=N–C) groups is 1. The molecular weight excluding hydrogens is 302 g/mol. The van der Waals surface area contributed by atoms with Crippen LogP contribution in [0.25, 0.3) is 5.70 Å². The largest absolute Gasteiger partial charge is 0.318 e. The minimum absolute atomic E-state index is 0.490. The Morgan fingerprint density at radius 3 is 2.83 bits per heavy atom. The molecule has 0 saturated heterocycles. The first kappa shape index (κ1) is 17.6. The molecule has 2 rings (SSSR count). The van der Waals surface area contributed by atoms with Crippen molar-refractivity contribution in [3.63, 3.8) is 0 Å². The topological polar surface area (TPSA) is 27.6 Å². The summed E-state index contributed by atoms with van der Waals surface area (Å²) in [5, 5.41) is 4.15. The Bertz CT molecular complexity index is 617. The highest BCUT2D eigenvalue weighted by Crippen LogP contribution is 2.24. The van der Waals surface area contributed by atoms with Crippen molar-refractivity contribution in [1.82, 2.24) is 10.4 Å². The fourth-order valence-corrected chi connectivity index (χ4v) is 3.60. The zero-order valence-corrected chi connectivity index (χ0v) is 14.9. The van der Waals surface area contributed by atoms with Crippen LogP contribution in [0.15, 0.2) is 64.2 Å². The smallest absolute Gasteiger partial charge is 0.0757 e. The van der Waals surface area contributed by atoms with Gasteiger partial charge in [0, 0.05) is 37.0 Å². The van der Waals surface area contributed by atoms with Gasteiger partial charge in [-0.3, -0.25) is 4.99 Å². The average Bonchev–Trinajstić information content (AvgIpc) is 2.53. The molecule has 4 heteroatoms. The maximum absolute atomic E-state index is 4.16. The highest BCUT2D eigenvalue weighted by molar-refractivity contribution is 8.02. The van der Waals surface area contributed by atoms with Crippen molar-refractivity contribution in [3.8, 4) is 0 Å². The summed E-state index contributed by atoms with van der Waals surface area (Å²) in [4.78, 5) is 4.16. The van der Waals surface area contributed by atoms with Crippen molar-refractivity contribution >= 4 is 24.2 Å². The van der Waals surface area contributed by atoms with Crippen molar-refractivity contribution in [2.75, 3.05) is 19.3 Å². The molecule has 1 heterocycles. The van der Waals surface area contributed by atoms with Crippen LogP contribution < -0.4 is 5.43 Å². The van der Waals surface area contributed by atoms with E-state index in [2.05, 4.69) is 60.8 Å². The molecule has 0 aromatic heterocycles. The van der Waals surface area contributed by atoms with E-state index in [1.807, 2.05) is 30.3 Å². The molecule has 1 aliphatic heterocycles. The van der Waals surface area contributed by atoms with E-state index < -0.39 is 0 Å². The van der Waals surface area contributed by atoms with E-state index in [9.17, 15) is 0 Å². The summed E-state index contributed by atoms with van der Waals surface area (Å²) in [6, 6.07) is 10.2. The van der Waals surface area contributed by atoms with Gasteiger partial charge < -0.3 is 5.01 Å². The highest BCUT2D eigenvalue weighted by atomic mass is 32.2. The number of benzene rings is 1. The molecule has 0 aliphatic carbocycles. The maximum atomic E-state index is 4.16. The van der Waals surface area contributed by atoms with Crippen LogP contribution in [0.3, 0.4) is 0 Å². The normalized spacial score (nSPS) is 24.0. The second-order valence-corrected chi connectivity index (χ2v) is 6.69. The molecule has 0 bridgehead atoms. The number of nitrogens with zero attached hydrogens (tertiary/aromatic N) is 2. The molecule has 1 aliphatic rings. The van der Waals surface area contributed by atoms with Gasteiger partial charge in [0.1, 0.15) is 0 Å². The van der Waals surface area contributed by atoms with Crippen molar-refractivity contribution in [2.45, 2.75) is 13.8 Å². The number of allylic oxidation sites excluding steroid dienone is 2. The van der Waals surface area contributed by atoms with Crippen LogP contribution in [0.4, 0.5) is 0 Å². The number of nitrogens with one attached hydrogen (secondary N) is 1. The van der Waals surface area contributed by atoms with Crippen LogP contribution in [0, 0.1) is 5.92 Å². The maximum Gasteiger partial charge on any atom is 0.0757 e. The van der Waals surface area contributed by atoms with Gasteiger partial charge in [-0.1, -0.05) is 42.0 Å². The molecule has 23 heavy (non-hydrogen) atoms. The zero-order chi connectivity index (χ0) is 16.7. The molecular formula is C19H25N3S. The van der Waals surface area contributed by atoms with Crippen molar-refractivity contribution in [2.24, 2.45) is 10.9 Å². The highest BCUT2D eigenvalue weighted by Gasteiger charge is 2.13. The molecule has 1 unspecified atom stereocenters. The summed E-state index contributed by atoms with van der Waals surface area (Å²) >= 11 is 1.79. The summed E-state index contributed by atoms with van der Waals surface area (Å²) in [6.45, 7) is 8.97. The zero-order valence-electron chi connectivity index (χ0n) is 14.1. The number of hydrogen-bond acceptors (Lipinski definition) is 4. The van der Waals surface area contributed by atoms with E-state index in [-0.39, 0.29) is 0 Å². The predicted molar refractivity (Wildman–Crippen MR) is 103 cm³/mol. The molecule has 0 fully saturated rings. The second kappa shape index (κ2) is 8.75. The van der Waals surface area contributed by atoms with Crippen LogP contribution in [0.5, 0.6) is 0 Å². The second-order valence-electron chi connectivity index (χ2n) is 5.79. The summed E-state index contributed by atoms with van der Waals surface area (Å²) in [6.07, 6.45) is 4.39. The predicted octanol–water partition coefficient (Wildman–Crippen LogP) is 4.34. The summed E-state index contributed by atoms with van der Waals surface area (Å²) in [5.74, 6) is 1.51. The average molecular weight is 327 g/mol. The lowest BCUT2D eigenvalue weighted by Crippen LogP contribution is -2.36. The van der Waals surface area contributed by atoms with E-state index in [0.717, 1.165) is 23.6 Å². The monoisotopic (exact) mass is 327 g/mol. The summed E-state index contributed by atoms with van der Waals surface area (Å²) < 4.78 is 0. The molecule has 0 amide bonds. The van der Waals surface area contributed by atoms with Crippen LogP contribution in [0.1, 0.15) is 19.4 Å². The standard InChI is InChI=1S/C19H25N3S/c1-15-10-16(2)18(11-21-22(4)12-15)13-23-14-19(20-3)17-8-6-5-7-9-17/h5-10,12,14,18,21H,3,11,13H2,1-2,4H3/b15-12-,16-10+,19-14-. The number of rotatable bonds is 5. The van der Waals surface area contributed by atoms with Crippen molar-refractivity contribution in [1.29, 1.82) is 0 Å². The lowest BCUT2D eigenvalue weighted by Gasteiger charge is -2.25. The molecule has 1 atom stereocenters. The van der Waals surface area contributed by atoms with Crippen LogP contribution in [0.2, 0.25) is 0 Å². The lowest BCUT2D eigenvalue weighted by atomic mass is 10.00. The lowest BCUT2D eigenvalue weighted by molar-refractivity contribution is 0.306. The molecule has 0 spiro atoms. The molecule has 122 valence electrons. The van der Waals surface area contributed by atoms with Gasteiger partial charge in [0.05, 0.1) is 5.70 Å². The molecule has 1 aromatic carbocycles. The number of thioether (sulfide) groups is 1. The number of hydrogen-bond donors (Lipinski definition) is 1. The fourth-order valence-electron chi connectivity index (χ4n) is 2.52. The molecule has 0 saturated carbocycles. The van der Waals surface area contributed by atoms with Crippen LogP contribution >= 0.6 is 11.8 Å². The van der Waals surface area contributed by atoms with E-state index in [1.165, 1.54) is 11.1 Å². The first-order valence-corrected chi connectivity index (χ1v) is 8.82. The Morgan fingerprint density at radius 2 is 2.13 bits per heavy atom. The van der Waals surface area contributed by atoms with Crippen LogP contribution in [-0.4, -0.2) is 31.1 Å². The van der Waals surface area contributed by atoms with Gasteiger partial charge in [0.15, 0.2) is 0 Å². The van der Waals surface area contributed by atoms with Gasteiger partial charge in [-0.05, 0) is 31.5 Å². The van der Waals surface area contributed by atoms with Crippen LogP contribution in [-0.2, 0) is 0 Å². The molecule has 1 aromatic rings. The van der Waals surface area contributed by atoms with Crippen molar-refractivity contribution in [3.05, 3.63) is 64.7 Å². The van der Waals surface area contributed by atoms with Crippen molar-refractivity contribution < 1.29 is 0 Å².